The highest BCUT2D eigenvalue weighted by Crippen LogP contribution is 2.28. The molecule has 2 heterocycles. The van der Waals surface area contributed by atoms with Gasteiger partial charge in [-0.3, -0.25) is 9.59 Å². The fourth-order valence-corrected chi connectivity index (χ4v) is 3.04. The molecule has 0 aromatic rings. The second kappa shape index (κ2) is 5.82. The number of halogens is 3. The average molecular weight is 308 g/mol. The number of hydrogen-bond donors (Lipinski definition) is 0. The number of rotatable bonds is 1. The van der Waals surface area contributed by atoms with Gasteiger partial charge in [-0.25, -0.2) is 0 Å². The Morgan fingerprint density at radius 1 is 1.14 bits per heavy atom. The summed E-state index contributed by atoms with van der Waals surface area (Å²) in [5, 5.41) is 0. The summed E-state index contributed by atoms with van der Waals surface area (Å²) in [5.41, 5.74) is 0. The second-order valence-corrected chi connectivity index (χ2v) is 5.64. The van der Waals surface area contributed by atoms with Gasteiger partial charge in [0.05, 0.1) is 25.3 Å². The molecule has 2 saturated heterocycles. The van der Waals surface area contributed by atoms with E-state index in [9.17, 15) is 22.8 Å². The van der Waals surface area contributed by atoms with Crippen LogP contribution in [0.25, 0.3) is 0 Å². The molecule has 0 aromatic heterocycles. The van der Waals surface area contributed by atoms with Gasteiger partial charge >= 0.3 is 12.1 Å². The molecule has 3 atom stereocenters. The highest BCUT2D eigenvalue weighted by atomic mass is 19.4. The molecule has 21 heavy (non-hydrogen) atoms. The largest absolute Gasteiger partial charge is 0.471 e. The first-order valence-electron chi connectivity index (χ1n) is 7.01. The molecule has 5 nitrogen and oxygen atoms in total. The van der Waals surface area contributed by atoms with Gasteiger partial charge in [-0.1, -0.05) is 0 Å². The number of ether oxygens (including phenoxy) is 1. The minimum atomic E-state index is -4.94. The van der Waals surface area contributed by atoms with E-state index >= 15 is 0 Å². The van der Waals surface area contributed by atoms with E-state index in [-0.39, 0.29) is 25.0 Å². The summed E-state index contributed by atoms with van der Waals surface area (Å²) in [6.45, 7) is 4.27. The van der Waals surface area contributed by atoms with Crippen molar-refractivity contribution >= 4 is 11.8 Å². The minimum absolute atomic E-state index is 0.0259. The van der Waals surface area contributed by atoms with Crippen LogP contribution in [-0.4, -0.2) is 65.7 Å². The summed E-state index contributed by atoms with van der Waals surface area (Å²) in [4.78, 5) is 26.2. The molecule has 0 spiro atoms. The second-order valence-electron chi connectivity index (χ2n) is 5.64. The fourth-order valence-electron chi connectivity index (χ4n) is 3.04. The molecule has 0 aliphatic carbocycles. The highest BCUT2D eigenvalue weighted by molar-refractivity contribution is 5.90. The number of nitrogens with zero attached hydrogens (tertiary/aromatic N) is 2. The Balaban J connectivity index is 2.15. The quantitative estimate of drug-likeness (QED) is 0.731. The lowest BCUT2D eigenvalue weighted by atomic mass is 10.1. The maximum absolute atomic E-state index is 12.6. The summed E-state index contributed by atoms with van der Waals surface area (Å²) in [7, 11) is 0. The van der Waals surface area contributed by atoms with Crippen molar-refractivity contribution in [1.29, 1.82) is 0 Å². The van der Waals surface area contributed by atoms with Crippen LogP contribution in [0.5, 0.6) is 0 Å². The Morgan fingerprint density at radius 2 is 1.71 bits per heavy atom. The van der Waals surface area contributed by atoms with Crippen LogP contribution in [0.2, 0.25) is 0 Å². The molecule has 120 valence electrons. The van der Waals surface area contributed by atoms with E-state index in [4.69, 9.17) is 4.74 Å². The zero-order chi connectivity index (χ0) is 15.8. The van der Waals surface area contributed by atoms with Crippen molar-refractivity contribution < 1.29 is 27.5 Å². The smallest absolute Gasteiger partial charge is 0.377 e. The molecule has 2 amide bonds. The summed E-state index contributed by atoms with van der Waals surface area (Å²) in [5.74, 6) is -2.33. The molecule has 0 saturated carbocycles. The van der Waals surface area contributed by atoms with E-state index in [1.807, 2.05) is 0 Å². The number of carbonyl (C=O) groups excluding carboxylic acids is 2. The van der Waals surface area contributed by atoms with Gasteiger partial charge in [-0.15, -0.1) is 0 Å². The van der Waals surface area contributed by atoms with Crippen molar-refractivity contribution in [3.63, 3.8) is 0 Å². The van der Waals surface area contributed by atoms with Crippen molar-refractivity contribution in [3.05, 3.63) is 0 Å². The van der Waals surface area contributed by atoms with Crippen LogP contribution in [0.3, 0.4) is 0 Å². The molecule has 0 radical (unpaired) electrons. The van der Waals surface area contributed by atoms with E-state index in [0.717, 1.165) is 0 Å². The van der Waals surface area contributed by atoms with E-state index < -0.39 is 24.0 Å². The average Bonchev–Trinajstić information content (AvgIpc) is 2.85. The number of alkyl halides is 3. The minimum Gasteiger partial charge on any atom is -0.377 e. The summed E-state index contributed by atoms with van der Waals surface area (Å²) in [6, 6.07) is -1.42. The van der Waals surface area contributed by atoms with Crippen LogP contribution in [0, 0.1) is 0 Å². The van der Waals surface area contributed by atoms with Crippen molar-refractivity contribution in [3.8, 4) is 0 Å². The Hall–Kier alpha value is -1.31. The molecule has 2 aliphatic rings. The normalized spacial score (nSPS) is 30.6. The maximum atomic E-state index is 12.6. The number of amides is 2. The van der Waals surface area contributed by atoms with Gasteiger partial charge in [0.25, 0.3) is 0 Å². The summed E-state index contributed by atoms with van der Waals surface area (Å²) >= 11 is 0. The standard InChI is InChI=1S/C13H19F3N2O3/c1-8-6-21-7-9(2)18(8)11(19)10-4-3-5-17(10)12(20)13(14,15)16/h8-10H,3-7H2,1-2H3. The van der Waals surface area contributed by atoms with E-state index in [0.29, 0.717) is 24.5 Å². The molecule has 2 fully saturated rings. The molecule has 8 heteroatoms. The Kier molecular flexibility index (Phi) is 4.46. The Morgan fingerprint density at radius 3 is 2.24 bits per heavy atom. The lowest BCUT2D eigenvalue weighted by molar-refractivity contribution is -0.188. The SMILES string of the molecule is CC1COCC(C)N1C(=O)C1CCCN1C(=O)C(F)(F)F. The van der Waals surface area contributed by atoms with E-state index in [1.54, 1.807) is 18.7 Å². The first-order chi connectivity index (χ1) is 9.73. The third kappa shape index (κ3) is 3.14. The topological polar surface area (TPSA) is 49.9 Å². The lowest BCUT2D eigenvalue weighted by Crippen LogP contribution is -2.58. The molecule has 0 bridgehead atoms. The predicted molar refractivity (Wildman–Crippen MR) is 67.4 cm³/mol. The lowest BCUT2D eigenvalue weighted by Gasteiger charge is -2.41. The zero-order valence-corrected chi connectivity index (χ0v) is 12.0. The molecule has 3 unspecified atom stereocenters. The van der Waals surface area contributed by atoms with Gasteiger partial charge in [-0.2, -0.15) is 13.2 Å². The summed E-state index contributed by atoms with van der Waals surface area (Å²) < 4.78 is 43.1. The first-order valence-corrected chi connectivity index (χ1v) is 7.01. The van der Waals surface area contributed by atoms with Gasteiger partial charge in [0, 0.05) is 6.54 Å². The van der Waals surface area contributed by atoms with Crippen LogP contribution in [0.4, 0.5) is 13.2 Å². The number of likely N-dealkylation sites (tertiary alicyclic amines) is 1. The van der Waals surface area contributed by atoms with E-state index in [2.05, 4.69) is 0 Å². The molecule has 2 rings (SSSR count). The van der Waals surface area contributed by atoms with Gasteiger partial charge in [0.2, 0.25) is 5.91 Å². The van der Waals surface area contributed by atoms with Crippen LogP contribution >= 0.6 is 0 Å². The number of carbonyl (C=O) groups is 2. The number of hydrogen-bond acceptors (Lipinski definition) is 3. The Bertz CT molecular complexity index is 417. The van der Waals surface area contributed by atoms with Crippen LogP contribution in [0.15, 0.2) is 0 Å². The molecule has 0 N–H and O–H groups in total. The van der Waals surface area contributed by atoms with Crippen molar-refractivity contribution in [2.45, 2.75) is 51.0 Å². The number of morpholine rings is 1. The Labute approximate surface area is 121 Å². The summed E-state index contributed by atoms with van der Waals surface area (Å²) in [6.07, 6.45) is -4.26. The zero-order valence-electron chi connectivity index (χ0n) is 12.0. The van der Waals surface area contributed by atoms with Gasteiger partial charge in [-0.05, 0) is 26.7 Å². The third-order valence-electron chi connectivity index (χ3n) is 3.96. The monoisotopic (exact) mass is 308 g/mol. The molecular formula is C13H19F3N2O3. The van der Waals surface area contributed by atoms with Gasteiger partial charge in [0.1, 0.15) is 6.04 Å². The van der Waals surface area contributed by atoms with Crippen LogP contribution in [0.1, 0.15) is 26.7 Å². The van der Waals surface area contributed by atoms with Crippen molar-refractivity contribution in [2.24, 2.45) is 0 Å². The highest BCUT2D eigenvalue weighted by Gasteiger charge is 2.49. The van der Waals surface area contributed by atoms with Crippen molar-refractivity contribution in [1.82, 2.24) is 9.80 Å². The third-order valence-corrected chi connectivity index (χ3v) is 3.96. The van der Waals surface area contributed by atoms with Gasteiger partial charge < -0.3 is 14.5 Å². The molecule has 2 aliphatic heterocycles. The fraction of sp³-hybridized carbons (Fsp3) is 0.846. The van der Waals surface area contributed by atoms with Crippen LogP contribution in [-0.2, 0) is 14.3 Å². The van der Waals surface area contributed by atoms with Crippen LogP contribution < -0.4 is 0 Å². The van der Waals surface area contributed by atoms with E-state index in [1.165, 1.54) is 0 Å². The van der Waals surface area contributed by atoms with Gasteiger partial charge in [0.15, 0.2) is 0 Å². The predicted octanol–water partition coefficient (Wildman–Crippen LogP) is 1.18. The van der Waals surface area contributed by atoms with Crippen molar-refractivity contribution in [2.75, 3.05) is 19.8 Å². The molecule has 0 aromatic carbocycles. The maximum Gasteiger partial charge on any atom is 0.471 e. The molecular weight excluding hydrogens is 289 g/mol. The first kappa shape index (κ1) is 16.1.